The molecule has 3 aromatic carbocycles. The highest BCUT2D eigenvalue weighted by molar-refractivity contribution is 6.51. The minimum Gasteiger partial charge on any atom is -0.507 e. The van der Waals surface area contributed by atoms with Gasteiger partial charge in [-0.1, -0.05) is 54.9 Å². The molecule has 0 spiro atoms. The van der Waals surface area contributed by atoms with Crippen molar-refractivity contribution in [2.24, 2.45) is 0 Å². The van der Waals surface area contributed by atoms with Gasteiger partial charge in [-0.3, -0.25) is 14.5 Å². The van der Waals surface area contributed by atoms with Crippen LogP contribution in [-0.4, -0.2) is 29.9 Å². The van der Waals surface area contributed by atoms with Crippen molar-refractivity contribution < 1.29 is 14.7 Å². The van der Waals surface area contributed by atoms with E-state index < -0.39 is 17.7 Å². The second-order valence-electron chi connectivity index (χ2n) is 8.46. The van der Waals surface area contributed by atoms with Crippen molar-refractivity contribution in [3.8, 4) is 0 Å². The van der Waals surface area contributed by atoms with Crippen LogP contribution in [0.4, 0.5) is 11.4 Å². The first-order chi connectivity index (χ1) is 16.9. The van der Waals surface area contributed by atoms with Crippen molar-refractivity contribution in [2.45, 2.75) is 33.2 Å². The average molecular weight is 489 g/mol. The Morgan fingerprint density at radius 2 is 1.60 bits per heavy atom. The molecule has 0 aromatic heterocycles. The Labute approximate surface area is 211 Å². The first kappa shape index (κ1) is 24.6. The maximum absolute atomic E-state index is 13.3. The monoisotopic (exact) mass is 488 g/mol. The van der Waals surface area contributed by atoms with Gasteiger partial charge in [-0.05, 0) is 67.8 Å². The first-order valence-electron chi connectivity index (χ1n) is 11.9. The van der Waals surface area contributed by atoms with E-state index in [4.69, 9.17) is 11.6 Å². The third-order valence-corrected chi connectivity index (χ3v) is 6.74. The summed E-state index contributed by atoms with van der Waals surface area (Å²) in [6, 6.07) is 21.3. The fraction of sp³-hybridized carbons (Fsp3) is 0.241. The molecule has 1 saturated heterocycles. The summed E-state index contributed by atoms with van der Waals surface area (Å²) in [5, 5.41) is 11.7. The van der Waals surface area contributed by atoms with Crippen molar-refractivity contribution in [3.63, 3.8) is 0 Å². The van der Waals surface area contributed by atoms with Crippen molar-refractivity contribution in [3.05, 3.63) is 100 Å². The number of carbonyl (C=O) groups excluding carboxylic acids is 2. The van der Waals surface area contributed by atoms with E-state index in [1.807, 2.05) is 48.5 Å². The molecule has 1 aliphatic heterocycles. The molecular weight excluding hydrogens is 460 g/mol. The maximum atomic E-state index is 13.3. The van der Waals surface area contributed by atoms with Crippen LogP contribution in [0.5, 0.6) is 0 Å². The summed E-state index contributed by atoms with van der Waals surface area (Å²) < 4.78 is 0. The Morgan fingerprint density at radius 3 is 2.17 bits per heavy atom. The number of Topliss-reactive ketones (excluding diaryl/α,β-unsaturated/α-hetero) is 1. The Hall–Kier alpha value is -3.57. The molecule has 0 saturated carbocycles. The number of hydrogen-bond donors (Lipinski definition) is 1. The smallest absolute Gasteiger partial charge is 0.300 e. The minimum atomic E-state index is -0.771. The van der Waals surface area contributed by atoms with Crippen LogP contribution in [0.1, 0.15) is 43.5 Å². The summed E-state index contributed by atoms with van der Waals surface area (Å²) in [7, 11) is 0. The molecule has 3 aromatic rings. The summed E-state index contributed by atoms with van der Waals surface area (Å²) in [5.74, 6) is -1.63. The molecule has 1 amide bonds. The van der Waals surface area contributed by atoms with E-state index >= 15 is 0 Å². The molecule has 1 heterocycles. The van der Waals surface area contributed by atoms with Crippen LogP contribution in [-0.2, 0) is 16.0 Å². The molecule has 1 fully saturated rings. The van der Waals surface area contributed by atoms with Crippen LogP contribution in [0.15, 0.2) is 78.4 Å². The number of aliphatic hydroxyl groups excluding tert-OH is 1. The lowest BCUT2D eigenvalue weighted by Crippen LogP contribution is -2.29. The molecule has 4 rings (SSSR count). The van der Waals surface area contributed by atoms with Gasteiger partial charge in [0.05, 0.1) is 11.6 Å². The van der Waals surface area contributed by atoms with E-state index in [0.717, 1.165) is 36.3 Å². The van der Waals surface area contributed by atoms with Gasteiger partial charge in [-0.2, -0.15) is 0 Å². The number of anilines is 2. The Morgan fingerprint density at radius 1 is 0.943 bits per heavy atom. The highest BCUT2D eigenvalue weighted by Crippen LogP contribution is 2.42. The van der Waals surface area contributed by atoms with E-state index in [1.165, 1.54) is 4.90 Å². The molecule has 0 bridgehead atoms. The zero-order valence-corrected chi connectivity index (χ0v) is 20.9. The van der Waals surface area contributed by atoms with Gasteiger partial charge in [0, 0.05) is 35.1 Å². The molecule has 0 radical (unpaired) electrons. The van der Waals surface area contributed by atoms with Crippen LogP contribution in [0.25, 0.3) is 5.76 Å². The Kier molecular flexibility index (Phi) is 7.27. The van der Waals surface area contributed by atoms with E-state index in [0.29, 0.717) is 16.3 Å². The number of amides is 1. The van der Waals surface area contributed by atoms with Crippen molar-refractivity contribution in [2.75, 3.05) is 22.9 Å². The molecule has 0 aliphatic carbocycles. The number of carbonyl (C=O) groups is 2. The molecular formula is C29H29ClN2O3. The quantitative estimate of drug-likeness (QED) is 0.238. The molecule has 1 aliphatic rings. The number of aliphatic hydroxyl groups is 1. The average Bonchev–Trinajstić information content (AvgIpc) is 3.15. The fourth-order valence-corrected chi connectivity index (χ4v) is 4.74. The predicted molar refractivity (Wildman–Crippen MR) is 142 cm³/mol. The topological polar surface area (TPSA) is 60.9 Å². The summed E-state index contributed by atoms with van der Waals surface area (Å²) in [5.41, 5.74) is 3.96. The minimum absolute atomic E-state index is 0.0485. The number of benzene rings is 3. The van der Waals surface area contributed by atoms with Crippen molar-refractivity contribution in [1.29, 1.82) is 0 Å². The number of ketones is 1. The summed E-state index contributed by atoms with van der Waals surface area (Å²) in [6.07, 6.45) is 0.865. The van der Waals surface area contributed by atoms with Gasteiger partial charge in [0.1, 0.15) is 5.76 Å². The summed E-state index contributed by atoms with van der Waals surface area (Å²) >= 11 is 6.14. The SMILES string of the molecule is CCc1ccc(N2C(=O)C(=O)/C(=C(\O)c3cccc(Cl)c3)C2c2ccc(N(CC)CC)cc2)cc1. The predicted octanol–water partition coefficient (Wildman–Crippen LogP) is 6.37. The van der Waals surface area contributed by atoms with E-state index in [9.17, 15) is 14.7 Å². The van der Waals surface area contributed by atoms with Crippen LogP contribution in [0, 0.1) is 0 Å². The number of aryl methyl sites for hydroxylation is 1. The molecule has 1 atom stereocenters. The van der Waals surface area contributed by atoms with Gasteiger partial charge in [0.2, 0.25) is 0 Å². The van der Waals surface area contributed by atoms with Crippen molar-refractivity contribution in [1.82, 2.24) is 0 Å². The standard InChI is InChI=1S/C29H29ClN2O3/c1-4-19-10-14-24(15-11-19)32-26(20-12-16-23(17-13-20)31(5-2)6-3)25(28(34)29(32)35)27(33)21-8-7-9-22(30)18-21/h7-18,26,33H,4-6H2,1-3H3/b27-25-. The van der Waals surface area contributed by atoms with Gasteiger partial charge in [0.15, 0.2) is 0 Å². The molecule has 6 heteroatoms. The molecule has 180 valence electrons. The van der Waals surface area contributed by atoms with E-state index in [-0.39, 0.29) is 11.3 Å². The van der Waals surface area contributed by atoms with Crippen molar-refractivity contribution >= 4 is 40.4 Å². The normalized spacial score (nSPS) is 17.1. The second-order valence-corrected chi connectivity index (χ2v) is 8.90. The van der Waals surface area contributed by atoms with Gasteiger partial charge in [-0.15, -0.1) is 0 Å². The Balaban J connectivity index is 1.89. The second kappa shape index (κ2) is 10.4. The van der Waals surface area contributed by atoms with E-state index in [1.54, 1.807) is 24.3 Å². The zero-order chi connectivity index (χ0) is 25.1. The third-order valence-electron chi connectivity index (χ3n) is 6.50. The van der Waals surface area contributed by atoms with Crippen LogP contribution >= 0.6 is 11.6 Å². The van der Waals surface area contributed by atoms with Gasteiger partial charge < -0.3 is 10.0 Å². The maximum Gasteiger partial charge on any atom is 0.300 e. The van der Waals surface area contributed by atoms with Crippen LogP contribution < -0.4 is 9.80 Å². The number of rotatable bonds is 7. The van der Waals surface area contributed by atoms with Gasteiger partial charge >= 0.3 is 0 Å². The Bertz CT molecular complexity index is 1260. The summed E-state index contributed by atoms with van der Waals surface area (Å²) in [6.45, 7) is 7.98. The number of halogens is 1. The lowest BCUT2D eigenvalue weighted by atomic mass is 9.94. The molecule has 35 heavy (non-hydrogen) atoms. The first-order valence-corrected chi connectivity index (χ1v) is 12.3. The zero-order valence-electron chi connectivity index (χ0n) is 20.2. The summed E-state index contributed by atoms with van der Waals surface area (Å²) in [4.78, 5) is 30.3. The third kappa shape index (κ3) is 4.69. The lowest BCUT2D eigenvalue weighted by Gasteiger charge is -2.27. The highest BCUT2D eigenvalue weighted by Gasteiger charge is 2.47. The van der Waals surface area contributed by atoms with Crippen LogP contribution in [0.2, 0.25) is 5.02 Å². The number of nitrogens with zero attached hydrogens (tertiary/aromatic N) is 2. The fourth-order valence-electron chi connectivity index (χ4n) is 4.55. The largest absolute Gasteiger partial charge is 0.507 e. The molecule has 1 N–H and O–H groups in total. The molecule has 1 unspecified atom stereocenters. The number of hydrogen-bond acceptors (Lipinski definition) is 4. The van der Waals surface area contributed by atoms with Crippen LogP contribution in [0.3, 0.4) is 0 Å². The van der Waals surface area contributed by atoms with Gasteiger partial charge in [0.25, 0.3) is 11.7 Å². The van der Waals surface area contributed by atoms with Gasteiger partial charge in [-0.25, -0.2) is 0 Å². The highest BCUT2D eigenvalue weighted by atomic mass is 35.5. The lowest BCUT2D eigenvalue weighted by molar-refractivity contribution is -0.132. The van der Waals surface area contributed by atoms with E-state index in [2.05, 4.69) is 25.7 Å². The molecule has 5 nitrogen and oxygen atoms in total.